The van der Waals surface area contributed by atoms with Gasteiger partial charge in [-0.1, -0.05) is 53.3 Å². The third kappa shape index (κ3) is 2.64. The van der Waals surface area contributed by atoms with E-state index >= 15 is 0 Å². The van der Waals surface area contributed by atoms with Crippen LogP contribution in [-0.4, -0.2) is 20.7 Å². The lowest BCUT2D eigenvalue weighted by atomic mass is 9.86. The Morgan fingerprint density at radius 2 is 1.96 bits per heavy atom. The van der Waals surface area contributed by atoms with Crippen LogP contribution in [0.25, 0.3) is 15.3 Å². The summed E-state index contributed by atoms with van der Waals surface area (Å²) in [6, 6.07) is 15.6. The summed E-state index contributed by atoms with van der Waals surface area (Å²) in [6.45, 7) is 1.96. The number of nitrogens with one attached hydrogen (secondary N) is 1. The van der Waals surface area contributed by atoms with E-state index < -0.39 is 0 Å². The first-order valence-corrected chi connectivity index (χ1v) is 9.81. The zero-order valence-electron chi connectivity index (χ0n) is 14.4. The van der Waals surface area contributed by atoms with Gasteiger partial charge in [-0.3, -0.25) is 4.79 Å². The Morgan fingerprint density at radius 3 is 2.78 bits per heavy atom. The minimum Gasteiger partial charge on any atom is -0.310 e. The molecule has 1 amide bonds. The number of para-hydroxylation sites is 1. The molecule has 27 heavy (non-hydrogen) atoms. The topological polar surface area (TPSA) is 59.8 Å². The molecule has 2 aromatic carbocycles. The molecule has 0 unspecified atom stereocenters. The highest BCUT2D eigenvalue weighted by Crippen LogP contribution is 2.42. The van der Waals surface area contributed by atoms with Crippen LogP contribution in [-0.2, 0) is 4.79 Å². The van der Waals surface area contributed by atoms with Gasteiger partial charge >= 0.3 is 0 Å². The Morgan fingerprint density at radius 1 is 1.19 bits per heavy atom. The van der Waals surface area contributed by atoms with Crippen molar-refractivity contribution in [2.75, 3.05) is 5.32 Å². The van der Waals surface area contributed by atoms with E-state index in [2.05, 4.69) is 10.3 Å². The summed E-state index contributed by atoms with van der Waals surface area (Å²) in [7, 11) is 0. The van der Waals surface area contributed by atoms with Crippen LogP contribution < -0.4 is 5.32 Å². The van der Waals surface area contributed by atoms with Crippen LogP contribution >= 0.6 is 22.9 Å². The first-order valence-electron chi connectivity index (χ1n) is 8.61. The number of halogens is 1. The second-order valence-corrected chi connectivity index (χ2v) is 7.97. The van der Waals surface area contributed by atoms with Gasteiger partial charge in [-0.2, -0.15) is 9.78 Å². The van der Waals surface area contributed by atoms with Crippen molar-refractivity contribution in [1.29, 1.82) is 0 Å². The maximum Gasteiger partial charge on any atom is 0.226 e. The third-order valence-electron chi connectivity index (χ3n) is 4.85. The predicted octanol–water partition coefficient (Wildman–Crippen LogP) is 4.92. The van der Waals surface area contributed by atoms with Crippen molar-refractivity contribution in [3.8, 4) is 5.13 Å². The molecule has 0 fully saturated rings. The summed E-state index contributed by atoms with van der Waals surface area (Å²) < 4.78 is 2.83. The molecule has 0 saturated heterocycles. The van der Waals surface area contributed by atoms with Crippen LogP contribution in [0.1, 0.15) is 29.2 Å². The van der Waals surface area contributed by atoms with E-state index in [1.807, 2.05) is 55.5 Å². The molecule has 7 heteroatoms. The van der Waals surface area contributed by atoms with Crippen molar-refractivity contribution in [2.45, 2.75) is 19.3 Å². The van der Waals surface area contributed by atoms with Gasteiger partial charge in [0.15, 0.2) is 0 Å². The summed E-state index contributed by atoms with van der Waals surface area (Å²) in [5.74, 6) is 0.521. The highest BCUT2D eigenvalue weighted by molar-refractivity contribution is 7.20. The molecule has 3 heterocycles. The highest BCUT2D eigenvalue weighted by Gasteiger charge is 2.34. The first-order chi connectivity index (χ1) is 13.1. The number of hydrogen-bond acceptors (Lipinski definition) is 4. The number of amides is 1. The number of thiazole rings is 1. The molecular formula is C20H15ClN4OS. The Kier molecular flexibility index (Phi) is 3.77. The average Bonchev–Trinajstić information content (AvgIpc) is 3.22. The number of rotatable bonds is 2. The van der Waals surface area contributed by atoms with E-state index in [1.165, 1.54) is 0 Å². The number of aromatic nitrogens is 3. The van der Waals surface area contributed by atoms with Crippen LogP contribution in [0.2, 0.25) is 5.02 Å². The molecule has 5 rings (SSSR count). The number of fused-ring (bicyclic) bond motifs is 2. The maximum absolute atomic E-state index is 12.5. The molecule has 134 valence electrons. The van der Waals surface area contributed by atoms with Crippen LogP contribution in [0, 0.1) is 6.92 Å². The van der Waals surface area contributed by atoms with Gasteiger partial charge in [-0.15, -0.1) is 0 Å². The molecule has 0 bridgehead atoms. The van der Waals surface area contributed by atoms with Gasteiger partial charge in [-0.25, -0.2) is 4.98 Å². The first kappa shape index (κ1) is 16.5. The number of carbonyl (C=O) groups excluding carboxylic acids is 1. The SMILES string of the molecule is Cc1nn(-c2nc3ccccc3s2)c2c1[C@@H](c1ccccc1Cl)CC(=O)N2. The summed E-state index contributed by atoms with van der Waals surface area (Å²) in [5, 5.41) is 9.10. The van der Waals surface area contributed by atoms with Crippen LogP contribution in [0.15, 0.2) is 48.5 Å². The predicted molar refractivity (Wildman–Crippen MR) is 108 cm³/mol. The number of hydrogen-bond donors (Lipinski definition) is 1. The van der Waals surface area contributed by atoms with Gasteiger partial charge in [0.1, 0.15) is 5.82 Å². The summed E-state index contributed by atoms with van der Waals surface area (Å²) in [4.78, 5) is 17.2. The molecule has 1 aliphatic heterocycles. The van der Waals surface area contributed by atoms with Crippen molar-refractivity contribution in [3.63, 3.8) is 0 Å². The van der Waals surface area contributed by atoms with Gasteiger partial charge in [-0.05, 0) is 30.7 Å². The van der Waals surface area contributed by atoms with Crippen LogP contribution in [0.5, 0.6) is 0 Å². The molecule has 1 N–H and O–H groups in total. The van der Waals surface area contributed by atoms with Gasteiger partial charge in [0, 0.05) is 22.9 Å². The van der Waals surface area contributed by atoms with Crippen molar-refractivity contribution in [2.24, 2.45) is 0 Å². The molecule has 5 nitrogen and oxygen atoms in total. The van der Waals surface area contributed by atoms with Gasteiger partial charge in [0.25, 0.3) is 0 Å². The Hall–Kier alpha value is -2.70. The van der Waals surface area contributed by atoms with E-state index in [1.54, 1.807) is 16.0 Å². The number of carbonyl (C=O) groups is 1. The minimum absolute atomic E-state index is 0.0466. The zero-order valence-corrected chi connectivity index (χ0v) is 16.0. The van der Waals surface area contributed by atoms with Crippen LogP contribution in [0.4, 0.5) is 5.82 Å². The number of anilines is 1. The molecule has 4 aromatic rings. The monoisotopic (exact) mass is 394 g/mol. The van der Waals surface area contributed by atoms with E-state index in [4.69, 9.17) is 16.7 Å². The fourth-order valence-corrected chi connectivity index (χ4v) is 4.85. The van der Waals surface area contributed by atoms with Crippen molar-refractivity contribution in [1.82, 2.24) is 14.8 Å². The highest BCUT2D eigenvalue weighted by atomic mass is 35.5. The molecule has 0 radical (unpaired) electrons. The minimum atomic E-state index is -0.120. The number of benzene rings is 2. The quantitative estimate of drug-likeness (QED) is 0.525. The van der Waals surface area contributed by atoms with Gasteiger partial charge < -0.3 is 5.32 Å². The molecule has 1 atom stereocenters. The standard InChI is InChI=1S/C20H15ClN4OS/c1-11-18-13(12-6-2-3-7-14(12)21)10-17(26)23-19(18)25(24-11)20-22-15-8-4-5-9-16(15)27-20/h2-9,13H,10H2,1H3,(H,23,26)/t13-/m1/s1. The maximum atomic E-state index is 12.5. The fraction of sp³-hybridized carbons (Fsp3) is 0.150. The van der Waals surface area contributed by atoms with Gasteiger partial charge in [0.05, 0.1) is 15.9 Å². The third-order valence-corrected chi connectivity index (χ3v) is 6.20. The Bertz CT molecular complexity index is 1160. The van der Waals surface area contributed by atoms with E-state index in [-0.39, 0.29) is 11.8 Å². The van der Waals surface area contributed by atoms with Gasteiger partial charge in [0.2, 0.25) is 11.0 Å². The molecule has 0 spiro atoms. The normalized spacial score (nSPS) is 16.4. The van der Waals surface area contributed by atoms with Crippen LogP contribution in [0.3, 0.4) is 0 Å². The van der Waals surface area contributed by atoms with Crippen molar-refractivity contribution in [3.05, 3.63) is 70.4 Å². The largest absolute Gasteiger partial charge is 0.310 e. The summed E-state index contributed by atoms with van der Waals surface area (Å²) in [5.41, 5.74) is 3.74. The number of nitrogens with zero attached hydrogens (tertiary/aromatic N) is 3. The zero-order chi connectivity index (χ0) is 18.5. The average molecular weight is 395 g/mol. The molecule has 1 aliphatic rings. The summed E-state index contributed by atoms with van der Waals surface area (Å²) in [6.07, 6.45) is 0.350. The van der Waals surface area contributed by atoms with Crippen molar-refractivity contribution < 1.29 is 4.79 Å². The fourth-order valence-electron chi connectivity index (χ4n) is 3.66. The number of aryl methyl sites for hydroxylation is 1. The van der Waals surface area contributed by atoms with E-state index in [0.29, 0.717) is 17.3 Å². The lowest BCUT2D eigenvalue weighted by Gasteiger charge is -2.24. The smallest absolute Gasteiger partial charge is 0.226 e. The second kappa shape index (κ2) is 6.18. The Balaban J connectivity index is 1.70. The van der Waals surface area contributed by atoms with E-state index in [9.17, 15) is 4.79 Å². The summed E-state index contributed by atoms with van der Waals surface area (Å²) >= 11 is 7.98. The molecular weight excluding hydrogens is 380 g/mol. The van der Waals surface area contributed by atoms with Crippen molar-refractivity contribution >= 4 is 44.9 Å². The lowest BCUT2D eigenvalue weighted by molar-refractivity contribution is -0.116. The molecule has 0 saturated carbocycles. The molecule has 2 aromatic heterocycles. The Labute approximate surface area is 164 Å². The van der Waals surface area contributed by atoms with E-state index in [0.717, 1.165) is 32.2 Å². The lowest BCUT2D eigenvalue weighted by Crippen LogP contribution is -2.25. The molecule has 0 aliphatic carbocycles. The second-order valence-electron chi connectivity index (χ2n) is 6.55.